The number of H-pyrrole nitrogens is 3. The number of ether oxygens (including phenoxy) is 3. The van der Waals surface area contributed by atoms with Crippen LogP contribution in [0.25, 0.3) is 33.8 Å². The number of nitrogens with zero attached hydrogens (tertiary/aromatic N) is 10. The average Bonchev–Trinajstić information content (AvgIpc) is 0.775. The molecule has 7 N–H and O–H groups in total. The van der Waals surface area contributed by atoms with Crippen LogP contribution in [0, 0.1) is 20.8 Å². The highest BCUT2D eigenvalue weighted by molar-refractivity contribution is 8.06. The van der Waals surface area contributed by atoms with Gasteiger partial charge in [-0.2, -0.15) is 0 Å². The number of anilines is 6. The number of fused-ring (bicyclic) bond motifs is 6. The van der Waals surface area contributed by atoms with Crippen LogP contribution in [0.5, 0.6) is 0 Å². The van der Waals surface area contributed by atoms with Gasteiger partial charge in [-0.05, 0) is 215 Å². The third-order valence-electron chi connectivity index (χ3n) is 23.5. The summed E-state index contributed by atoms with van der Waals surface area (Å²) >= 11 is 10.6. The molecule has 0 bridgehead atoms. The van der Waals surface area contributed by atoms with Gasteiger partial charge in [-0.25, -0.2) is 0 Å². The van der Waals surface area contributed by atoms with Crippen molar-refractivity contribution in [2.24, 2.45) is 0 Å². The number of benzene rings is 6. The summed E-state index contributed by atoms with van der Waals surface area (Å²) in [6.07, 6.45) is 8.38. The van der Waals surface area contributed by atoms with Crippen LogP contribution in [0.2, 0.25) is 0 Å². The largest absolute Gasteiger partial charge is 0.378 e. The number of carbonyl (C=O) groups is 1. The van der Waals surface area contributed by atoms with Crippen LogP contribution in [0.3, 0.4) is 0 Å². The van der Waals surface area contributed by atoms with E-state index < -0.39 is 0 Å². The Morgan fingerprint density at radius 2 is 0.740 bits per heavy atom. The number of nitrogens with one attached hydrogen (secondary N) is 7. The first kappa shape index (κ1) is 93.9. The fraction of sp³-hybridized carbons (Fsp3) is 0.337. The lowest BCUT2D eigenvalue weighted by atomic mass is 10.1. The van der Waals surface area contributed by atoms with E-state index in [2.05, 4.69) is 260 Å². The minimum atomic E-state index is -0.105. The summed E-state index contributed by atoms with van der Waals surface area (Å²) in [6.45, 7) is 19.9. The first-order valence-corrected chi connectivity index (χ1v) is 49.6. The SMILES string of the molecule is CNCCC(Nc1ccc2c(c1)Sc1cccc(-c3cc(N4CCOCC4)cc(=O)[nH]3)c1S2)c1ccc(C)cn1.Cc1ccc(C(CCN(C)C(=O)CN(C)C)Nc2ccc3c(c2)Sc2cccc(-c4cc(N5CCOCC5)cc(=O)[nH]4)c2S3)nc1.Cc1ccc(C(CCN(C)CCN(C)C)Nc2ccc3c(c2)Sc2cccc(-c4cc(N5CCOCC5)cc(=O)[nH]4)c2S3)nc1. The standard InChI is InChI=1S/C35H40N6O3S2.C35H42N6O2S2.C31H33N5O2S2/c1-23-8-10-27(36-21-23)28(12-13-40(4)34(43)22-39(2)3)37-24-9-11-30-32(18-24)45-31-7-5-6-26(35(31)46-30)29-19-25(20-33(42)38-29)41-14-16-44-17-15-41;1-24-8-10-28(36-23-24)29(12-13-40(4)15-14-39(2)3)37-25-9-11-31-33(20-25)44-32-7-5-6-27(35(32)45-31)30-21-26(22-34(42)38-30)41-16-18-43-19-17-41;1-20-6-8-24(33-19-20)25(10-11-32-2)34-21-7-9-27-29(16-21)39-28-5-3-4-23(31(28)40-27)26-17-22(18-30(37)35-26)36-12-14-38-15-13-36/h5-11,18-21,28,37H,12-17,22H2,1-4H3,(H,38,42);5-11,20-23,29,37H,12-19H2,1-4H3,(H,38,42);3-9,16-19,25,32,34H,10-15H2,1-2H3,(H,35,37). The van der Waals surface area contributed by atoms with Crippen molar-refractivity contribution in [2.45, 2.75) is 117 Å². The lowest BCUT2D eigenvalue weighted by Gasteiger charge is -2.29. The van der Waals surface area contributed by atoms with Crippen molar-refractivity contribution in [3.8, 4) is 33.8 Å². The second-order valence-corrected chi connectivity index (χ2v) is 40.6. The highest BCUT2D eigenvalue weighted by Crippen LogP contribution is 2.56. The van der Waals surface area contributed by atoms with Crippen molar-refractivity contribution < 1.29 is 19.0 Å². The maximum Gasteiger partial charge on any atom is 0.250 e. The quantitative estimate of drug-likeness (QED) is 0.0230. The molecule has 6 aliphatic heterocycles. The van der Waals surface area contributed by atoms with Crippen LogP contribution in [-0.2, 0) is 19.0 Å². The normalized spacial score (nSPS) is 15.1. The molecule has 0 spiro atoms. The zero-order chi connectivity index (χ0) is 91.0. The molecule has 6 aromatic carbocycles. The number of morpholine rings is 3. The fourth-order valence-electron chi connectivity index (χ4n) is 16.2. The Morgan fingerprint density at radius 3 is 1.07 bits per heavy atom. The zero-order valence-electron chi connectivity index (χ0n) is 75.9. The molecule has 1 amide bonds. The van der Waals surface area contributed by atoms with Crippen LogP contribution in [0.15, 0.2) is 274 Å². The van der Waals surface area contributed by atoms with Crippen LogP contribution in [0.4, 0.5) is 34.1 Å². The van der Waals surface area contributed by atoms with E-state index >= 15 is 0 Å². The molecule has 3 unspecified atom stereocenters. The Morgan fingerprint density at radius 1 is 0.389 bits per heavy atom. The second-order valence-electron chi connectivity index (χ2n) is 34.1. The van der Waals surface area contributed by atoms with E-state index in [-0.39, 0.29) is 40.7 Å². The number of aromatic amines is 3. The molecule has 30 heteroatoms. The molecule has 12 heterocycles. The zero-order valence-corrected chi connectivity index (χ0v) is 80.8. The van der Waals surface area contributed by atoms with Gasteiger partial charge in [-0.3, -0.25) is 34.1 Å². The molecule has 682 valence electrons. The van der Waals surface area contributed by atoms with Gasteiger partial charge in [0.15, 0.2) is 0 Å². The molecule has 131 heavy (non-hydrogen) atoms. The maximum absolute atomic E-state index is 12.7. The first-order chi connectivity index (χ1) is 63.6. The van der Waals surface area contributed by atoms with E-state index in [4.69, 9.17) is 29.2 Å². The van der Waals surface area contributed by atoms with Crippen LogP contribution in [-0.4, -0.2) is 223 Å². The Kier molecular flexibility index (Phi) is 31.9. The number of hydrogen-bond donors (Lipinski definition) is 7. The smallest absolute Gasteiger partial charge is 0.250 e. The summed E-state index contributed by atoms with van der Waals surface area (Å²) in [4.78, 5) is 103. The molecule has 3 fully saturated rings. The van der Waals surface area contributed by atoms with Crippen molar-refractivity contribution in [3.63, 3.8) is 0 Å². The summed E-state index contributed by atoms with van der Waals surface area (Å²) in [7, 11) is 14.1. The minimum Gasteiger partial charge on any atom is -0.378 e. The molecule has 18 rings (SSSR count). The summed E-state index contributed by atoms with van der Waals surface area (Å²) in [5.74, 6) is 0.0951. The summed E-state index contributed by atoms with van der Waals surface area (Å²) in [6, 6.07) is 62.9. The third-order valence-corrected chi connectivity index (χ3v) is 31.3. The highest BCUT2D eigenvalue weighted by Gasteiger charge is 2.30. The number of pyridine rings is 6. The molecule has 24 nitrogen and oxygen atoms in total. The van der Waals surface area contributed by atoms with Crippen molar-refractivity contribution in [2.75, 3.05) is 198 Å². The molecule has 6 aromatic heterocycles. The lowest BCUT2D eigenvalue weighted by Crippen LogP contribution is -2.36. The van der Waals surface area contributed by atoms with Crippen molar-refractivity contribution >= 4 is 111 Å². The molecule has 3 saturated heterocycles. The van der Waals surface area contributed by atoms with Gasteiger partial charge in [-0.15, -0.1) is 0 Å². The van der Waals surface area contributed by atoms with Crippen LogP contribution < -0.4 is 52.6 Å². The summed E-state index contributed by atoms with van der Waals surface area (Å²) in [5.41, 5.74) is 17.8. The number of amides is 1. The lowest BCUT2D eigenvalue weighted by molar-refractivity contribution is -0.130. The van der Waals surface area contributed by atoms with Gasteiger partial charge in [0, 0.05) is 219 Å². The van der Waals surface area contributed by atoms with Gasteiger partial charge in [0.25, 0.3) is 0 Å². The second kappa shape index (κ2) is 44.5. The van der Waals surface area contributed by atoms with Gasteiger partial charge < -0.3 is 84.7 Å². The topological polar surface area (TPSA) is 253 Å². The predicted molar refractivity (Wildman–Crippen MR) is 537 cm³/mol. The number of hydrogen-bond acceptors (Lipinski definition) is 26. The molecular weight excluding hydrogens is 1760 g/mol. The van der Waals surface area contributed by atoms with Gasteiger partial charge >= 0.3 is 0 Å². The summed E-state index contributed by atoms with van der Waals surface area (Å²) in [5, 5.41) is 14.5. The van der Waals surface area contributed by atoms with E-state index in [1.165, 1.54) is 49.0 Å². The fourth-order valence-corrected chi connectivity index (χ4v) is 23.5. The van der Waals surface area contributed by atoms with E-state index in [0.717, 1.165) is 196 Å². The van der Waals surface area contributed by atoms with Gasteiger partial charge in [0.2, 0.25) is 22.6 Å². The molecular formula is C101H115N17O7S6. The number of rotatable bonds is 29. The molecule has 0 aliphatic carbocycles. The Balaban J connectivity index is 0.000000144. The number of likely N-dealkylation sites (N-methyl/N-ethyl adjacent to an activating group) is 4. The van der Waals surface area contributed by atoms with Crippen LogP contribution in [0.1, 0.15) is 71.2 Å². The number of aromatic nitrogens is 6. The molecule has 6 aliphatic rings. The van der Waals surface area contributed by atoms with Gasteiger partial charge in [0.05, 0.1) is 98.5 Å². The Hall–Kier alpha value is -10.3. The first-order valence-electron chi connectivity index (χ1n) is 44.7. The molecule has 0 radical (unpaired) electrons. The monoisotopic (exact) mass is 1870 g/mol. The van der Waals surface area contributed by atoms with E-state index in [1.807, 2.05) is 58.6 Å². The molecule has 3 atom stereocenters. The average molecular weight is 1870 g/mol. The van der Waals surface area contributed by atoms with Crippen molar-refractivity contribution in [1.82, 2.24) is 54.8 Å². The molecule has 0 saturated carbocycles. The van der Waals surface area contributed by atoms with Crippen molar-refractivity contribution in [1.29, 1.82) is 0 Å². The van der Waals surface area contributed by atoms with Crippen molar-refractivity contribution in [3.05, 3.63) is 265 Å². The van der Waals surface area contributed by atoms with E-state index in [9.17, 15) is 19.2 Å². The Labute approximate surface area is 792 Å². The maximum atomic E-state index is 12.7. The highest BCUT2D eigenvalue weighted by atomic mass is 32.2. The van der Waals surface area contributed by atoms with E-state index in [1.54, 1.807) is 93.7 Å². The summed E-state index contributed by atoms with van der Waals surface area (Å²) < 4.78 is 16.5. The Bertz CT molecular complexity index is 6150. The number of aryl methyl sites for hydroxylation is 3. The third kappa shape index (κ3) is 24.6. The minimum absolute atomic E-state index is 0.0658. The van der Waals surface area contributed by atoms with Gasteiger partial charge in [-0.1, -0.05) is 125 Å². The number of carbonyl (C=O) groups excluding carboxylic acids is 1. The predicted octanol–water partition coefficient (Wildman–Crippen LogP) is 18.0. The molecule has 12 aromatic rings. The van der Waals surface area contributed by atoms with Crippen LogP contribution >= 0.6 is 70.6 Å². The van der Waals surface area contributed by atoms with Gasteiger partial charge in [0.1, 0.15) is 0 Å². The van der Waals surface area contributed by atoms with E-state index in [0.29, 0.717) is 52.7 Å².